The van der Waals surface area contributed by atoms with E-state index in [9.17, 15) is 4.79 Å². The van der Waals surface area contributed by atoms with Gasteiger partial charge < -0.3 is 5.32 Å². The molecular weight excluding hydrogens is 210 g/mol. The molecule has 0 saturated heterocycles. The van der Waals surface area contributed by atoms with E-state index in [0.717, 1.165) is 31.7 Å². The highest BCUT2D eigenvalue weighted by atomic mass is 35.5. The van der Waals surface area contributed by atoms with Gasteiger partial charge in [-0.05, 0) is 43.9 Å². The Labute approximate surface area is 96.8 Å². The SMILES string of the molecule is O=C(NCCCCCl)C1CC2CCC1C2. The number of hydrogen-bond donors (Lipinski definition) is 1. The number of amides is 1. The predicted octanol–water partition coefficient (Wildman–Crippen LogP) is 2.56. The summed E-state index contributed by atoms with van der Waals surface area (Å²) in [5.74, 6) is 2.89. The first-order chi connectivity index (χ1) is 7.31. The van der Waals surface area contributed by atoms with Crippen LogP contribution in [0.3, 0.4) is 0 Å². The lowest BCUT2D eigenvalue weighted by atomic mass is 9.88. The van der Waals surface area contributed by atoms with E-state index in [1.165, 1.54) is 19.3 Å². The van der Waals surface area contributed by atoms with Crippen molar-refractivity contribution in [3.8, 4) is 0 Å². The maximum atomic E-state index is 11.9. The van der Waals surface area contributed by atoms with E-state index in [1.807, 2.05) is 0 Å². The third-order valence-electron chi connectivity index (χ3n) is 3.93. The Morgan fingerprint density at radius 3 is 2.73 bits per heavy atom. The fourth-order valence-electron chi connectivity index (χ4n) is 3.13. The smallest absolute Gasteiger partial charge is 0.223 e. The second-order valence-electron chi connectivity index (χ2n) is 4.97. The summed E-state index contributed by atoms with van der Waals surface area (Å²) < 4.78 is 0. The highest BCUT2D eigenvalue weighted by molar-refractivity contribution is 6.17. The van der Waals surface area contributed by atoms with Gasteiger partial charge in [0.15, 0.2) is 0 Å². The van der Waals surface area contributed by atoms with Gasteiger partial charge in [0.2, 0.25) is 5.91 Å². The first kappa shape index (κ1) is 11.3. The summed E-state index contributed by atoms with van der Waals surface area (Å²) in [7, 11) is 0. The fraction of sp³-hybridized carbons (Fsp3) is 0.917. The molecule has 1 amide bonds. The van der Waals surface area contributed by atoms with Crippen molar-refractivity contribution in [1.82, 2.24) is 5.32 Å². The number of carbonyl (C=O) groups excluding carboxylic acids is 1. The van der Waals surface area contributed by atoms with Crippen molar-refractivity contribution in [2.75, 3.05) is 12.4 Å². The zero-order valence-corrected chi connectivity index (χ0v) is 9.93. The van der Waals surface area contributed by atoms with Crippen molar-refractivity contribution < 1.29 is 4.79 Å². The topological polar surface area (TPSA) is 29.1 Å². The third kappa shape index (κ3) is 2.66. The standard InChI is InChI=1S/C12H20ClNO/c13-5-1-2-6-14-12(15)11-8-9-3-4-10(11)7-9/h9-11H,1-8H2,(H,14,15). The molecule has 0 aromatic heterocycles. The number of fused-ring (bicyclic) bond motifs is 2. The highest BCUT2D eigenvalue weighted by Gasteiger charge is 2.42. The third-order valence-corrected chi connectivity index (χ3v) is 4.20. The molecule has 2 rings (SSSR count). The maximum Gasteiger partial charge on any atom is 0.223 e. The molecular formula is C12H20ClNO. The number of alkyl halides is 1. The Morgan fingerprint density at radius 1 is 1.27 bits per heavy atom. The lowest BCUT2D eigenvalue weighted by molar-refractivity contribution is -0.126. The van der Waals surface area contributed by atoms with Crippen LogP contribution in [0.25, 0.3) is 0 Å². The number of rotatable bonds is 5. The van der Waals surface area contributed by atoms with Gasteiger partial charge >= 0.3 is 0 Å². The van der Waals surface area contributed by atoms with Gasteiger partial charge in [0, 0.05) is 18.3 Å². The fourth-order valence-corrected chi connectivity index (χ4v) is 3.32. The molecule has 0 spiro atoms. The summed E-state index contributed by atoms with van der Waals surface area (Å²) in [5.41, 5.74) is 0. The lowest BCUT2D eigenvalue weighted by Gasteiger charge is -2.20. The number of unbranched alkanes of at least 4 members (excludes halogenated alkanes) is 1. The molecule has 3 atom stereocenters. The van der Waals surface area contributed by atoms with Gasteiger partial charge in [-0.25, -0.2) is 0 Å². The Balaban J connectivity index is 1.68. The summed E-state index contributed by atoms with van der Waals surface area (Å²) in [6.07, 6.45) is 7.10. The molecule has 0 radical (unpaired) electrons. The van der Waals surface area contributed by atoms with Gasteiger partial charge in [-0.3, -0.25) is 4.79 Å². The molecule has 86 valence electrons. The minimum atomic E-state index is 0.303. The maximum absolute atomic E-state index is 11.9. The minimum Gasteiger partial charge on any atom is -0.356 e. The Morgan fingerprint density at radius 2 is 2.13 bits per heavy atom. The van der Waals surface area contributed by atoms with Crippen LogP contribution in [0.4, 0.5) is 0 Å². The van der Waals surface area contributed by atoms with Crippen LogP contribution in [-0.4, -0.2) is 18.3 Å². The summed E-state index contributed by atoms with van der Waals surface area (Å²) in [4.78, 5) is 11.9. The van der Waals surface area contributed by atoms with Crippen molar-refractivity contribution in [1.29, 1.82) is 0 Å². The van der Waals surface area contributed by atoms with Crippen molar-refractivity contribution >= 4 is 17.5 Å². The Bertz CT molecular complexity index is 232. The molecule has 2 aliphatic carbocycles. The number of halogens is 1. The second-order valence-corrected chi connectivity index (χ2v) is 5.35. The Kier molecular flexibility index (Phi) is 3.90. The summed E-state index contributed by atoms with van der Waals surface area (Å²) in [6, 6.07) is 0. The Hall–Kier alpha value is -0.240. The van der Waals surface area contributed by atoms with Crippen LogP contribution in [0.5, 0.6) is 0 Å². The van der Waals surface area contributed by atoms with Crippen LogP contribution >= 0.6 is 11.6 Å². The van der Waals surface area contributed by atoms with Gasteiger partial charge in [-0.2, -0.15) is 0 Å². The molecule has 0 aliphatic heterocycles. The second kappa shape index (κ2) is 5.20. The zero-order chi connectivity index (χ0) is 10.7. The summed E-state index contributed by atoms with van der Waals surface area (Å²) in [6.45, 7) is 0.805. The van der Waals surface area contributed by atoms with E-state index in [1.54, 1.807) is 0 Å². The van der Waals surface area contributed by atoms with Crippen molar-refractivity contribution in [2.24, 2.45) is 17.8 Å². The molecule has 2 nitrogen and oxygen atoms in total. The molecule has 2 saturated carbocycles. The van der Waals surface area contributed by atoms with Gasteiger partial charge in [-0.1, -0.05) is 6.42 Å². The average molecular weight is 230 g/mol. The summed E-state index contributed by atoms with van der Waals surface area (Å²) >= 11 is 5.58. The van der Waals surface area contributed by atoms with E-state index < -0.39 is 0 Å². The van der Waals surface area contributed by atoms with Gasteiger partial charge in [0.05, 0.1) is 0 Å². The highest BCUT2D eigenvalue weighted by Crippen LogP contribution is 2.48. The molecule has 0 aromatic rings. The van der Waals surface area contributed by atoms with E-state index in [-0.39, 0.29) is 0 Å². The van der Waals surface area contributed by atoms with Crippen molar-refractivity contribution in [3.63, 3.8) is 0 Å². The van der Waals surface area contributed by atoms with E-state index >= 15 is 0 Å². The lowest BCUT2D eigenvalue weighted by Crippen LogP contribution is -2.34. The van der Waals surface area contributed by atoms with E-state index in [4.69, 9.17) is 11.6 Å². The van der Waals surface area contributed by atoms with Gasteiger partial charge in [-0.15, -0.1) is 11.6 Å². The monoisotopic (exact) mass is 229 g/mol. The molecule has 3 heteroatoms. The van der Waals surface area contributed by atoms with Gasteiger partial charge in [0.1, 0.15) is 0 Å². The van der Waals surface area contributed by atoms with Crippen LogP contribution in [0, 0.1) is 17.8 Å². The predicted molar refractivity (Wildman–Crippen MR) is 61.9 cm³/mol. The quantitative estimate of drug-likeness (QED) is 0.570. The first-order valence-electron chi connectivity index (χ1n) is 6.15. The average Bonchev–Trinajstić information content (AvgIpc) is 2.85. The van der Waals surface area contributed by atoms with Crippen LogP contribution in [-0.2, 0) is 4.79 Å². The largest absolute Gasteiger partial charge is 0.356 e. The molecule has 15 heavy (non-hydrogen) atoms. The molecule has 2 bridgehead atoms. The molecule has 2 aliphatic rings. The molecule has 0 aromatic carbocycles. The van der Waals surface area contributed by atoms with Crippen LogP contribution in [0.15, 0.2) is 0 Å². The van der Waals surface area contributed by atoms with Crippen molar-refractivity contribution in [2.45, 2.75) is 38.5 Å². The summed E-state index contributed by atoms with van der Waals surface area (Å²) in [5, 5.41) is 3.05. The normalized spacial score (nSPS) is 33.3. The van der Waals surface area contributed by atoms with Crippen LogP contribution in [0.1, 0.15) is 38.5 Å². The van der Waals surface area contributed by atoms with Gasteiger partial charge in [0.25, 0.3) is 0 Å². The van der Waals surface area contributed by atoms with E-state index in [0.29, 0.717) is 23.6 Å². The minimum absolute atomic E-state index is 0.303. The molecule has 1 N–H and O–H groups in total. The number of carbonyl (C=O) groups is 1. The molecule has 3 unspecified atom stereocenters. The molecule has 2 fully saturated rings. The number of nitrogens with one attached hydrogen (secondary N) is 1. The van der Waals surface area contributed by atoms with E-state index in [2.05, 4.69) is 5.32 Å². The van der Waals surface area contributed by atoms with Crippen molar-refractivity contribution in [3.05, 3.63) is 0 Å². The van der Waals surface area contributed by atoms with Crippen LogP contribution in [0.2, 0.25) is 0 Å². The first-order valence-corrected chi connectivity index (χ1v) is 6.68. The van der Waals surface area contributed by atoms with Crippen LogP contribution < -0.4 is 5.32 Å². The zero-order valence-electron chi connectivity index (χ0n) is 9.18. The number of hydrogen-bond acceptors (Lipinski definition) is 1. The molecule has 0 heterocycles.